The molecule has 2 unspecified atom stereocenters. The van der Waals surface area contributed by atoms with E-state index in [2.05, 4.69) is 59.6 Å². The molecule has 0 radical (unpaired) electrons. The molecule has 3 aromatic rings. The van der Waals surface area contributed by atoms with Gasteiger partial charge in [0.05, 0.1) is 0 Å². The molecule has 1 aliphatic rings. The second-order valence-electron chi connectivity index (χ2n) is 11.4. The zero-order valence-electron chi connectivity index (χ0n) is 23.3. The van der Waals surface area contributed by atoms with Crippen LogP contribution >= 0.6 is 31.9 Å². The van der Waals surface area contributed by atoms with Gasteiger partial charge in [0.1, 0.15) is 11.5 Å². The average Bonchev–Trinajstić information content (AvgIpc) is 2.91. The molecule has 4 rings (SSSR count). The molecule has 1 aliphatic carbocycles. The van der Waals surface area contributed by atoms with Gasteiger partial charge in [0.15, 0.2) is 28.8 Å². The van der Waals surface area contributed by atoms with Crippen LogP contribution in [0.25, 0.3) is 5.57 Å². The topological polar surface area (TPSA) is 118 Å². The standard InChI is InChI=1S/C33H34Br2O6/c1-17(2)13-19-5-9-21(10-6-19)31(40)33(22-11-7-20(8-12-22)14-18(3)4)30(35)27(28(38)29(39)32(33)41)23-15-25(36)26(37)16-24(23)34/h5-12,15-18,32,36-39,41H,13-14H2,1-4H3. The Balaban J connectivity index is 2.02. The molecule has 0 fully saturated rings. The number of carbonyl (C=O) groups is 1. The van der Waals surface area contributed by atoms with Gasteiger partial charge in [-0.2, -0.15) is 0 Å². The molecular formula is C33H34Br2O6. The molecule has 0 amide bonds. The summed E-state index contributed by atoms with van der Waals surface area (Å²) in [4.78, 5) is 14.6. The summed E-state index contributed by atoms with van der Waals surface area (Å²) >= 11 is 6.92. The highest BCUT2D eigenvalue weighted by atomic mass is 79.9. The maximum Gasteiger partial charge on any atom is 0.181 e. The van der Waals surface area contributed by atoms with Gasteiger partial charge < -0.3 is 25.5 Å². The van der Waals surface area contributed by atoms with Crippen molar-refractivity contribution in [2.24, 2.45) is 11.8 Å². The maximum absolute atomic E-state index is 14.6. The number of hydrogen-bond acceptors (Lipinski definition) is 6. The van der Waals surface area contributed by atoms with Crippen molar-refractivity contribution in [2.75, 3.05) is 0 Å². The van der Waals surface area contributed by atoms with Crippen molar-refractivity contribution in [3.63, 3.8) is 0 Å². The lowest BCUT2D eigenvalue weighted by atomic mass is 9.65. The van der Waals surface area contributed by atoms with Crippen molar-refractivity contribution in [1.29, 1.82) is 0 Å². The number of hydrogen-bond donors (Lipinski definition) is 5. The van der Waals surface area contributed by atoms with E-state index in [4.69, 9.17) is 0 Å². The lowest BCUT2D eigenvalue weighted by Gasteiger charge is -2.41. The number of phenolic OH excluding ortho intramolecular Hbond substituents is 2. The first-order valence-electron chi connectivity index (χ1n) is 13.4. The summed E-state index contributed by atoms with van der Waals surface area (Å²) in [6.07, 6.45) is -0.193. The molecule has 2 atom stereocenters. The average molecular weight is 686 g/mol. The minimum atomic E-state index is -1.89. The van der Waals surface area contributed by atoms with Crippen LogP contribution in [0, 0.1) is 11.8 Å². The molecule has 8 heteroatoms. The molecule has 5 N–H and O–H groups in total. The third-order valence-corrected chi connectivity index (χ3v) is 9.00. The van der Waals surface area contributed by atoms with E-state index in [-0.39, 0.29) is 20.1 Å². The van der Waals surface area contributed by atoms with Gasteiger partial charge in [-0.05, 0) is 53.5 Å². The third-order valence-electron chi connectivity index (χ3n) is 7.32. The van der Waals surface area contributed by atoms with Crippen molar-refractivity contribution in [3.8, 4) is 11.5 Å². The number of aliphatic hydroxyl groups excluding tert-OH is 3. The van der Waals surface area contributed by atoms with Gasteiger partial charge in [-0.15, -0.1) is 0 Å². The molecule has 0 spiro atoms. The molecule has 0 saturated carbocycles. The van der Waals surface area contributed by atoms with E-state index in [9.17, 15) is 30.3 Å². The molecule has 6 nitrogen and oxygen atoms in total. The number of Topliss-reactive ketones (excluding diaryl/α,β-unsaturated/α-hetero) is 1. The van der Waals surface area contributed by atoms with Crippen LogP contribution in [0.15, 0.2) is 81.1 Å². The van der Waals surface area contributed by atoms with Crippen LogP contribution in [0.1, 0.15) is 60.3 Å². The lowest BCUT2D eigenvalue weighted by Crippen LogP contribution is -2.50. The van der Waals surface area contributed by atoms with E-state index in [1.807, 2.05) is 24.3 Å². The number of aliphatic hydroxyl groups is 3. The van der Waals surface area contributed by atoms with Crippen molar-refractivity contribution >= 4 is 43.2 Å². The Bertz CT molecular complexity index is 1520. The first kappa shape index (κ1) is 30.9. The third kappa shape index (κ3) is 5.70. The Morgan fingerprint density at radius 3 is 1.80 bits per heavy atom. The molecule has 0 saturated heterocycles. The second-order valence-corrected chi connectivity index (χ2v) is 13.0. The zero-order valence-corrected chi connectivity index (χ0v) is 26.5. The Kier molecular flexibility index (Phi) is 9.07. The number of rotatable bonds is 8. The fourth-order valence-electron chi connectivity index (χ4n) is 5.38. The number of aromatic hydroxyl groups is 2. The molecule has 0 aromatic heterocycles. The highest BCUT2D eigenvalue weighted by Gasteiger charge is 2.56. The number of ketones is 1. The predicted octanol–water partition coefficient (Wildman–Crippen LogP) is 7.89. The minimum Gasteiger partial charge on any atom is -0.506 e. The van der Waals surface area contributed by atoms with Crippen LogP contribution in [0.2, 0.25) is 0 Å². The van der Waals surface area contributed by atoms with Gasteiger partial charge in [0.2, 0.25) is 0 Å². The Morgan fingerprint density at radius 2 is 1.29 bits per heavy atom. The van der Waals surface area contributed by atoms with E-state index in [0.717, 1.165) is 24.0 Å². The van der Waals surface area contributed by atoms with Crippen molar-refractivity contribution in [1.82, 2.24) is 0 Å². The van der Waals surface area contributed by atoms with Crippen molar-refractivity contribution < 1.29 is 30.3 Å². The van der Waals surface area contributed by atoms with Crippen LogP contribution in [0.5, 0.6) is 11.5 Å². The quantitative estimate of drug-likeness (QED) is 0.122. The highest BCUT2D eigenvalue weighted by Crippen LogP contribution is 2.53. The second kappa shape index (κ2) is 12.0. The summed E-state index contributed by atoms with van der Waals surface area (Å²) in [6.45, 7) is 8.43. The van der Waals surface area contributed by atoms with Crippen molar-refractivity contribution in [2.45, 2.75) is 52.1 Å². The van der Waals surface area contributed by atoms with Crippen molar-refractivity contribution in [3.05, 3.63) is 109 Å². The lowest BCUT2D eigenvalue weighted by molar-refractivity contribution is 0.0594. The summed E-state index contributed by atoms with van der Waals surface area (Å²) in [5.74, 6) is -1.99. The molecule has 0 bridgehead atoms. The fourth-order valence-corrected chi connectivity index (χ4v) is 6.94. The maximum atomic E-state index is 14.6. The summed E-state index contributed by atoms with van der Waals surface area (Å²) < 4.78 is 0.369. The van der Waals surface area contributed by atoms with Gasteiger partial charge in [0.25, 0.3) is 0 Å². The van der Waals surface area contributed by atoms with Gasteiger partial charge in [0, 0.05) is 25.7 Å². The van der Waals surface area contributed by atoms with Gasteiger partial charge in [-0.1, -0.05) is 108 Å². The van der Waals surface area contributed by atoms with Crippen LogP contribution in [0.3, 0.4) is 0 Å². The SMILES string of the molecule is CC(C)Cc1ccc(C(=O)C2(c3ccc(CC(C)C)cc3)C(Br)=C(c3cc(O)c(O)cc3Br)C(O)=C(O)C2O)cc1. The molecular weight excluding hydrogens is 652 g/mol. The Morgan fingerprint density at radius 1 is 0.805 bits per heavy atom. The van der Waals surface area contributed by atoms with Gasteiger partial charge >= 0.3 is 0 Å². The molecule has 0 heterocycles. The van der Waals surface area contributed by atoms with E-state index in [1.54, 1.807) is 24.3 Å². The summed E-state index contributed by atoms with van der Waals surface area (Å²) in [6, 6.07) is 16.9. The van der Waals surface area contributed by atoms with E-state index < -0.39 is 40.3 Å². The number of halogens is 2. The minimum absolute atomic E-state index is 0.0222. The summed E-state index contributed by atoms with van der Waals surface area (Å²) in [7, 11) is 0. The Hall–Kier alpha value is -3.07. The monoisotopic (exact) mass is 684 g/mol. The Labute approximate surface area is 257 Å². The van der Waals surface area contributed by atoms with Crippen LogP contribution in [-0.4, -0.2) is 37.4 Å². The van der Waals surface area contributed by atoms with Crippen LogP contribution in [-0.2, 0) is 18.3 Å². The molecule has 3 aromatic carbocycles. The van der Waals surface area contributed by atoms with Gasteiger partial charge in [-0.3, -0.25) is 4.79 Å². The zero-order chi connectivity index (χ0) is 30.2. The van der Waals surface area contributed by atoms with E-state index in [0.29, 0.717) is 23.0 Å². The van der Waals surface area contributed by atoms with E-state index in [1.165, 1.54) is 12.1 Å². The first-order chi connectivity index (χ1) is 19.3. The van der Waals surface area contributed by atoms with Crippen LogP contribution < -0.4 is 0 Å². The molecule has 41 heavy (non-hydrogen) atoms. The summed E-state index contributed by atoms with van der Waals surface area (Å²) in [5.41, 5.74) is 1.08. The highest BCUT2D eigenvalue weighted by molar-refractivity contribution is 9.12. The first-order valence-corrected chi connectivity index (χ1v) is 15.0. The smallest absolute Gasteiger partial charge is 0.181 e. The molecule has 216 valence electrons. The number of phenols is 2. The van der Waals surface area contributed by atoms with Crippen LogP contribution in [0.4, 0.5) is 0 Å². The fraction of sp³-hybridized carbons (Fsp3) is 0.303. The summed E-state index contributed by atoms with van der Waals surface area (Å²) in [5, 5.41) is 54.3. The van der Waals surface area contributed by atoms with Gasteiger partial charge in [-0.25, -0.2) is 0 Å². The number of carbonyl (C=O) groups excluding carboxylic acids is 1. The molecule has 0 aliphatic heterocycles. The number of benzene rings is 3. The van der Waals surface area contributed by atoms with E-state index >= 15 is 0 Å². The largest absolute Gasteiger partial charge is 0.506 e. The number of allylic oxidation sites excluding steroid dienone is 1. The normalized spacial score (nSPS) is 19.4. The predicted molar refractivity (Wildman–Crippen MR) is 168 cm³/mol.